The molecule has 3 aromatic rings. The van der Waals surface area contributed by atoms with E-state index in [1.165, 1.54) is 18.2 Å². The van der Waals surface area contributed by atoms with E-state index in [0.29, 0.717) is 19.6 Å². The number of carbonyl (C=O) groups excluding carboxylic acids is 1. The third-order valence-corrected chi connectivity index (χ3v) is 9.29. The Morgan fingerprint density at radius 3 is 2.34 bits per heavy atom. The Morgan fingerprint density at radius 1 is 0.927 bits per heavy atom. The first-order chi connectivity index (χ1) is 19.9. The molecule has 0 bridgehead atoms. The SMILES string of the molecule is COC(=O)CCCC=CC[C@@H]1[C@@H](CNS(=O)(=O)c2ccc(C)cc2)CC[C@@H]1OCc1ccc(-c2ccccc2)cc1. The molecule has 0 spiro atoms. The van der Waals surface area contributed by atoms with Gasteiger partial charge in [-0.15, -0.1) is 0 Å². The molecule has 1 N–H and O–H groups in total. The van der Waals surface area contributed by atoms with Crippen LogP contribution in [0.3, 0.4) is 0 Å². The van der Waals surface area contributed by atoms with Crippen molar-refractivity contribution in [1.29, 1.82) is 0 Å². The van der Waals surface area contributed by atoms with Crippen LogP contribution in [0, 0.1) is 18.8 Å². The zero-order valence-electron chi connectivity index (χ0n) is 24.0. The fraction of sp³-hybridized carbons (Fsp3) is 0.382. The van der Waals surface area contributed by atoms with Crippen LogP contribution in [0.4, 0.5) is 0 Å². The van der Waals surface area contributed by atoms with Gasteiger partial charge in [-0.05, 0) is 79.7 Å². The van der Waals surface area contributed by atoms with E-state index in [4.69, 9.17) is 9.47 Å². The Kier molecular flexibility index (Phi) is 11.3. The number of nitrogens with one attached hydrogen (secondary N) is 1. The van der Waals surface area contributed by atoms with Crippen molar-refractivity contribution in [3.05, 3.63) is 102 Å². The lowest BCUT2D eigenvalue weighted by molar-refractivity contribution is -0.140. The van der Waals surface area contributed by atoms with E-state index in [1.54, 1.807) is 12.1 Å². The first kappa shape index (κ1) is 30.7. The normalized spacial score (nSPS) is 19.0. The number of hydrogen-bond donors (Lipinski definition) is 1. The summed E-state index contributed by atoms with van der Waals surface area (Å²) in [5, 5.41) is 0. The predicted molar refractivity (Wildman–Crippen MR) is 163 cm³/mol. The summed E-state index contributed by atoms with van der Waals surface area (Å²) in [5.74, 6) is 0.164. The van der Waals surface area contributed by atoms with E-state index in [2.05, 4.69) is 53.3 Å². The van der Waals surface area contributed by atoms with Gasteiger partial charge in [-0.3, -0.25) is 4.79 Å². The standard InChI is InChI=1S/C34H41NO5S/c1-26-14-21-31(22-15-26)41(37,38)35-24-30-20-23-33(32(30)12-8-3-4-9-13-34(36)39-2)40-25-27-16-18-29(19-17-27)28-10-6-5-7-11-28/h3,5-8,10-11,14-19,21-22,30,32-33,35H,4,9,12-13,20,23-25H2,1-2H3/t30-,32-,33+/m1/s1. The Bertz CT molecular complexity index is 1370. The smallest absolute Gasteiger partial charge is 0.305 e. The van der Waals surface area contributed by atoms with Gasteiger partial charge in [0.05, 0.1) is 24.7 Å². The minimum atomic E-state index is -3.58. The maximum absolute atomic E-state index is 12.9. The highest BCUT2D eigenvalue weighted by molar-refractivity contribution is 7.89. The van der Waals surface area contributed by atoms with Crippen molar-refractivity contribution in [2.45, 2.75) is 63.1 Å². The van der Waals surface area contributed by atoms with Crippen molar-refractivity contribution < 1.29 is 22.7 Å². The van der Waals surface area contributed by atoms with E-state index in [1.807, 2.05) is 37.3 Å². The number of ether oxygens (including phenoxy) is 2. The molecule has 0 saturated heterocycles. The second-order valence-electron chi connectivity index (χ2n) is 10.8. The van der Waals surface area contributed by atoms with Crippen molar-refractivity contribution in [3.8, 4) is 11.1 Å². The molecule has 7 heteroatoms. The van der Waals surface area contributed by atoms with Gasteiger partial charge >= 0.3 is 5.97 Å². The quantitative estimate of drug-likeness (QED) is 0.129. The first-order valence-corrected chi connectivity index (χ1v) is 15.9. The summed E-state index contributed by atoms with van der Waals surface area (Å²) in [7, 11) is -2.18. The molecule has 218 valence electrons. The van der Waals surface area contributed by atoms with Gasteiger partial charge in [-0.25, -0.2) is 13.1 Å². The van der Waals surface area contributed by atoms with E-state index in [9.17, 15) is 13.2 Å². The maximum atomic E-state index is 12.9. The molecule has 0 amide bonds. The molecule has 1 aliphatic rings. The van der Waals surface area contributed by atoms with E-state index in [0.717, 1.165) is 43.2 Å². The summed E-state index contributed by atoms with van der Waals surface area (Å²) in [4.78, 5) is 11.7. The molecule has 0 unspecified atom stereocenters. The van der Waals surface area contributed by atoms with Gasteiger partial charge in [0.1, 0.15) is 0 Å². The molecule has 1 fully saturated rings. The zero-order chi connectivity index (χ0) is 29.1. The summed E-state index contributed by atoms with van der Waals surface area (Å²) in [6, 6.07) is 25.7. The predicted octanol–water partition coefficient (Wildman–Crippen LogP) is 6.84. The van der Waals surface area contributed by atoms with Crippen LogP contribution in [0.2, 0.25) is 0 Å². The number of hydrogen-bond acceptors (Lipinski definition) is 5. The van der Waals surface area contributed by atoms with Gasteiger partial charge < -0.3 is 9.47 Å². The number of rotatable bonds is 14. The van der Waals surface area contributed by atoms with E-state index < -0.39 is 10.0 Å². The van der Waals surface area contributed by atoms with Gasteiger partial charge in [-0.2, -0.15) is 0 Å². The van der Waals surface area contributed by atoms with Gasteiger partial charge in [-0.1, -0.05) is 84.4 Å². The highest BCUT2D eigenvalue weighted by Gasteiger charge is 2.36. The second kappa shape index (κ2) is 15.1. The highest BCUT2D eigenvalue weighted by atomic mass is 32.2. The van der Waals surface area contributed by atoms with Crippen LogP contribution in [0.1, 0.15) is 49.7 Å². The monoisotopic (exact) mass is 575 g/mol. The number of allylic oxidation sites excluding steroid dienone is 2. The average molecular weight is 576 g/mol. The first-order valence-electron chi connectivity index (χ1n) is 14.4. The van der Waals surface area contributed by atoms with Crippen LogP contribution in [0.5, 0.6) is 0 Å². The molecule has 0 radical (unpaired) electrons. The average Bonchev–Trinajstić information content (AvgIpc) is 3.39. The van der Waals surface area contributed by atoms with Gasteiger partial charge in [0, 0.05) is 13.0 Å². The molecule has 0 aromatic heterocycles. The summed E-state index contributed by atoms with van der Waals surface area (Å²) in [5.41, 5.74) is 4.50. The molecule has 4 rings (SSSR count). The number of esters is 1. The van der Waals surface area contributed by atoms with E-state index >= 15 is 0 Å². The third kappa shape index (κ3) is 9.12. The third-order valence-electron chi connectivity index (χ3n) is 7.85. The van der Waals surface area contributed by atoms with Crippen molar-refractivity contribution in [2.75, 3.05) is 13.7 Å². The molecular weight excluding hydrogens is 534 g/mol. The molecule has 0 aliphatic heterocycles. The van der Waals surface area contributed by atoms with Crippen LogP contribution in [-0.2, 0) is 30.9 Å². The van der Waals surface area contributed by atoms with E-state index in [-0.39, 0.29) is 28.8 Å². The van der Waals surface area contributed by atoms with Crippen molar-refractivity contribution in [1.82, 2.24) is 4.72 Å². The molecular formula is C34H41NO5S. The van der Waals surface area contributed by atoms with Crippen LogP contribution in [-0.4, -0.2) is 34.1 Å². The lowest BCUT2D eigenvalue weighted by atomic mass is 9.91. The summed E-state index contributed by atoms with van der Waals surface area (Å²) < 4.78 is 39.9. The summed E-state index contributed by atoms with van der Waals surface area (Å²) in [6.07, 6.45) is 8.83. The number of aryl methyl sites for hydroxylation is 1. The molecule has 3 atom stereocenters. The Balaban J connectivity index is 1.37. The fourth-order valence-electron chi connectivity index (χ4n) is 5.40. The Morgan fingerprint density at radius 2 is 1.63 bits per heavy atom. The van der Waals surface area contributed by atoms with Crippen LogP contribution >= 0.6 is 0 Å². The molecule has 1 aliphatic carbocycles. The van der Waals surface area contributed by atoms with Crippen molar-refractivity contribution in [2.24, 2.45) is 11.8 Å². The molecule has 3 aromatic carbocycles. The van der Waals surface area contributed by atoms with Crippen LogP contribution in [0.15, 0.2) is 95.9 Å². The van der Waals surface area contributed by atoms with Crippen LogP contribution < -0.4 is 4.72 Å². The molecule has 1 saturated carbocycles. The summed E-state index contributed by atoms with van der Waals surface area (Å²) in [6.45, 7) is 2.83. The largest absolute Gasteiger partial charge is 0.469 e. The Hall–Kier alpha value is -3.26. The number of unbranched alkanes of at least 4 members (excludes halogenated alkanes) is 1. The second-order valence-corrected chi connectivity index (χ2v) is 12.5. The fourth-order valence-corrected chi connectivity index (χ4v) is 6.49. The van der Waals surface area contributed by atoms with Gasteiger partial charge in [0.25, 0.3) is 0 Å². The molecule has 6 nitrogen and oxygen atoms in total. The molecule has 41 heavy (non-hydrogen) atoms. The molecule has 0 heterocycles. The summed E-state index contributed by atoms with van der Waals surface area (Å²) >= 11 is 0. The van der Waals surface area contributed by atoms with Crippen molar-refractivity contribution in [3.63, 3.8) is 0 Å². The van der Waals surface area contributed by atoms with Gasteiger partial charge in [0.15, 0.2) is 0 Å². The lowest BCUT2D eigenvalue weighted by Crippen LogP contribution is -2.33. The van der Waals surface area contributed by atoms with Gasteiger partial charge in [0.2, 0.25) is 10.0 Å². The zero-order valence-corrected chi connectivity index (χ0v) is 24.8. The number of carbonyl (C=O) groups is 1. The lowest BCUT2D eigenvalue weighted by Gasteiger charge is -2.24. The maximum Gasteiger partial charge on any atom is 0.305 e. The highest BCUT2D eigenvalue weighted by Crippen LogP contribution is 2.37. The minimum Gasteiger partial charge on any atom is -0.469 e. The van der Waals surface area contributed by atoms with Crippen LogP contribution in [0.25, 0.3) is 11.1 Å². The number of methoxy groups -OCH3 is 1. The number of sulfonamides is 1. The Labute approximate surface area is 244 Å². The van der Waals surface area contributed by atoms with Crippen molar-refractivity contribution >= 4 is 16.0 Å². The topological polar surface area (TPSA) is 81.7 Å². The number of benzene rings is 3. The minimum absolute atomic E-state index is 0.0393.